The van der Waals surface area contributed by atoms with Crippen molar-refractivity contribution in [1.82, 2.24) is 0 Å². The Balaban J connectivity index is 1.48. The first kappa shape index (κ1) is 17.0. The molecule has 142 valence electrons. The van der Waals surface area contributed by atoms with Crippen molar-refractivity contribution in [2.45, 2.75) is 89.9 Å². The molecule has 4 saturated carbocycles. The Bertz CT molecular complexity index is 557. The summed E-state index contributed by atoms with van der Waals surface area (Å²) in [5.41, 5.74) is 0.194. The number of aliphatic hydroxyl groups is 2. The molecule has 0 aromatic rings. The summed E-state index contributed by atoms with van der Waals surface area (Å²) in [6.45, 7) is 7.48. The molecule has 0 radical (unpaired) electrons. The van der Waals surface area contributed by atoms with E-state index in [1.54, 1.807) is 0 Å². The van der Waals surface area contributed by atoms with E-state index in [9.17, 15) is 10.2 Å². The number of ether oxygens (including phenoxy) is 1. The Hall–Kier alpha value is -0.120. The van der Waals surface area contributed by atoms with Crippen LogP contribution in [0.4, 0.5) is 0 Å². The van der Waals surface area contributed by atoms with Gasteiger partial charge in [-0.15, -0.1) is 0 Å². The third-order valence-corrected chi connectivity index (χ3v) is 9.88. The maximum Gasteiger partial charge on any atom is 0.0623 e. The number of hydrogen-bond donors (Lipinski definition) is 2. The molecule has 25 heavy (non-hydrogen) atoms. The molecule has 1 saturated heterocycles. The van der Waals surface area contributed by atoms with E-state index in [0.717, 1.165) is 43.6 Å². The maximum absolute atomic E-state index is 10.7. The summed E-state index contributed by atoms with van der Waals surface area (Å²) < 4.78 is 6.40. The fraction of sp³-hybridized carbons (Fsp3) is 1.00. The van der Waals surface area contributed by atoms with Crippen molar-refractivity contribution in [1.29, 1.82) is 0 Å². The van der Waals surface area contributed by atoms with Crippen LogP contribution < -0.4 is 0 Å². The highest BCUT2D eigenvalue weighted by molar-refractivity contribution is 5.15. The van der Waals surface area contributed by atoms with E-state index in [4.69, 9.17) is 4.74 Å². The fourth-order valence-corrected chi connectivity index (χ4v) is 8.76. The lowest BCUT2D eigenvalue weighted by Gasteiger charge is -2.60. The first-order chi connectivity index (χ1) is 11.8. The minimum Gasteiger partial charge on any atom is -0.393 e. The Kier molecular flexibility index (Phi) is 3.56. The average Bonchev–Trinajstić information content (AvgIpc) is 3.01. The summed E-state index contributed by atoms with van der Waals surface area (Å²) in [4.78, 5) is 0. The molecule has 5 rings (SSSR count). The first-order valence-electron chi connectivity index (χ1n) is 10.8. The summed E-state index contributed by atoms with van der Waals surface area (Å²) in [6.07, 6.45) is 9.57. The smallest absolute Gasteiger partial charge is 0.0623 e. The minimum atomic E-state index is -0.485. The van der Waals surface area contributed by atoms with Crippen LogP contribution in [0.3, 0.4) is 0 Å². The highest BCUT2D eigenvalue weighted by atomic mass is 16.5. The van der Waals surface area contributed by atoms with Gasteiger partial charge < -0.3 is 14.9 Å². The van der Waals surface area contributed by atoms with Gasteiger partial charge in [0, 0.05) is 5.41 Å². The molecule has 5 fully saturated rings. The summed E-state index contributed by atoms with van der Waals surface area (Å²) in [6, 6.07) is 0. The van der Waals surface area contributed by atoms with Crippen LogP contribution in [0.5, 0.6) is 0 Å². The molecule has 4 aliphatic carbocycles. The van der Waals surface area contributed by atoms with E-state index < -0.39 is 5.60 Å². The molecule has 5 aliphatic rings. The molecule has 0 spiro atoms. The number of aliphatic hydroxyl groups excluding tert-OH is 1. The quantitative estimate of drug-likeness (QED) is 0.758. The predicted octanol–water partition coefficient (Wildman–Crippen LogP) is 3.77. The second kappa shape index (κ2) is 5.23. The molecule has 3 heteroatoms. The van der Waals surface area contributed by atoms with E-state index in [0.29, 0.717) is 28.8 Å². The molecule has 10 atom stereocenters. The lowest BCUT2D eigenvalue weighted by Crippen LogP contribution is -2.58. The van der Waals surface area contributed by atoms with Crippen LogP contribution in [-0.4, -0.2) is 34.6 Å². The second-order valence-electron chi connectivity index (χ2n) is 11.0. The van der Waals surface area contributed by atoms with Crippen molar-refractivity contribution < 1.29 is 14.9 Å². The zero-order valence-corrected chi connectivity index (χ0v) is 16.2. The third kappa shape index (κ3) is 2.15. The molecule has 2 N–H and O–H groups in total. The third-order valence-electron chi connectivity index (χ3n) is 9.88. The Labute approximate surface area is 152 Å². The zero-order chi connectivity index (χ0) is 17.6. The molecule has 0 aromatic heterocycles. The van der Waals surface area contributed by atoms with Gasteiger partial charge in [0.15, 0.2) is 0 Å². The monoisotopic (exact) mass is 348 g/mol. The van der Waals surface area contributed by atoms with Crippen molar-refractivity contribution in [2.24, 2.45) is 40.4 Å². The molecule has 3 nitrogen and oxygen atoms in total. The van der Waals surface area contributed by atoms with Gasteiger partial charge >= 0.3 is 0 Å². The van der Waals surface area contributed by atoms with Crippen molar-refractivity contribution in [2.75, 3.05) is 6.61 Å². The summed E-state index contributed by atoms with van der Waals surface area (Å²) in [5.74, 6) is 3.41. The van der Waals surface area contributed by atoms with Gasteiger partial charge in [-0.3, -0.25) is 0 Å². The largest absolute Gasteiger partial charge is 0.393 e. The van der Waals surface area contributed by atoms with Gasteiger partial charge in [-0.25, -0.2) is 0 Å². The Morgan fingerprint density at radius 1 is 1.00 bits per heavy atom. The molecule has 2 unspecified atom stereocenters. The van der Waals surface area contributed by atoms with E-state index in [2.05, 4.69) is 6.92 Å². The molecule has 0 aromatic carbocycles. The topological polar surface area (TPSA) is 49.7 Å². The van der Waals surface area contributed by atoms with Gasteiger partial charge in [-0.05, 0) is 100 Å². The van der Waals surface area contributed by atoms with Gasteiger partial charge in [0.1, 0.15) is 0 Å². The highest BCUT2D eigenvalue weighted by Crippen LogP contribution is 2.70. The number of rotatable bonds is 1. The summed E-state index contributed by atoms with van der Waals surface area (Å²) in [5, 5.41) is 21.0. The van der Waals surface area contributed by atoms with E-state index >= 15 is 0 Å². The normalized spacial score (nSPS) is 61.3. The van der Waals surface area contributed by atoms with Crippen molar-refractivity contribution in [3.05, 3.63) is 0 Å². The molecular formula is C22H36O3. The SMILES string of the molecule is C[C@H](O)[C@H]1CC[C@H]2[C@@H]3C[C@H]4OC[C@@]5(CC[C@@](C)(O)CC45)C3CC[C@]12C. The van der Waals surface area contributed by atoms with Crippen LogP contribution in [0.15, 0.2) is 0 Å². The highest BCUT2D eigenvalue weighted by Gasteiger charge is 2.67. The van der Waals surface area contributed by atoms with Crippen LogP contribution in [0.25, 0.3) is 0 Å². The predicted molar refractivity (Wildman–Crippen MR) is 97.0 cm³/mol. The molecule has 1 heterocycles. The molecule has 2 bridgehead atoms. The van der Waals surface area contributed by atoms with Crippen LogP contribution in [0, 0.1) is 40.4 Å². The van der Waals surface area contributed by atoms with Crippen LogP contribution in [0.2, 0.25) is 0 Å². The standard InChI is InChI=1S/C22H36O3/c1-13(23)15-4-5-16-14-10-19-18-11-20(2,24)8-9-22(18,12-25-19)17(14)6-7-21(15,16)3/h13-19,23-24H,4-12H2,1-3H3/t13-,14-,15+,16-,17?,18?,19+,20+,21+,22-/m0/s1. The second-order valence-corrected chi connectivity index (χ2v) is 11.0. The molecule has 0 amide bonds. The summed E-state index contributed by atoms with van der Waals surface area (Å²) in [7, 11) is 0. The lowest BCUT2D eigenvalue weighted by molar-refractivity contribution is -0.141. The van der Waals surface area contributed by atoms with Crippen LogP contribution in [0.1, 0.15) is 72.1 Å². The summed E-state index contributed by atoms with van der Waals surface area (Å²) >= 11 is 0. The number of fused-ring (bicyclic) bond motifs is 3. The van der Waals surface area contributed by atoms with Gasteiger partial charge in [0.2, 0.25) is 0 Å². The van der Waals surface area contributed by atoms with E-state index in [1.165, 1.54) is 32.1 Å². The Morgan fingerprint density at radius 2 is 1.80 bits per heavy atom. The van der Waals surface area contributed by atoms with Gasteiger partial charge in [0.05, 0.1) is 24.4 Å². The zero-order valence-electron chi connectivity index (χ0n) is 16.2. The van der Waals surface area contributed by atoms with E-state index in [1.807, 2.05) is 13.8 Å². The van der Waals surface area contributed by atoms with Crippen molar-refractivity contribution >= 4 is 0 Å². The van der Waals surface area contributed by atoms with Crippen LogP contribution in [-0.2, 0) is 4.74 Å². The fourth-order valence-electron chi connectivity index (χ4n) is 8.76. The van der Waals surface area contributed by atoms with Crippen LogP contribution >= 0.6 is 0 Å². The average molecular weight is 349 g/mol. The van der Waals surface area contributed by atoms with Crippen molar-refractivity contribution in [3.8, 4) is 0 Å². The minimum absolute atomic E-state index is 0.168. The van der Waals surface area contributed by atoms with Gasteiger partial charge in [0.25, 0.3) is 0 Å². The molecular weight excluding hydrogens is 312 g/mol. The van der Waals surface area contributed by atoms with Crippen molar-refractivity contribution in [3.63, 3.8) is 0 Å². The molecule has 1 aliphatic heterocycles. The van der Waals surface area contributed by atoms with Gasteiger partial charge in [-0.1, -0.05) is 6.92 Å². The van der Waals surface area contributed by atoms with Gasteiger partial charge in [-0.2, -0.15) is 0 Å². The maximum atomic E-state index is 10.7. The first-order valence-corrected chi connectivity index (χ1v) is 10.8. The van der Waals surface area contributed by atoms with E-state index in [-0.39, 0.29) is 6.10 Å². The Morgan fingerprint density at radius 3 is 2.56 bits per heavy atom. The number of hydrogen-bond acceptors (Lipinski definition) is 3. The lowest BCUT2D eigenvalue weighted by atomic mass is 9.44.